The first-order valence-electron chi connectivity index (χ1n) is 10.3. The molecule has 0 saturated carbocycles. The van der Waals surface area contributed by atoms with Gasteiger partial charge in [0.05, 0.1) is 17.4 Å². The van der Waals surface area contributed by atoms with Crippen molar-refractivity contribution in [2.24, 2.45) is 0 Å². The van der Waals surface area contributed by atoms with Gasteiger partial charge in [0.1, 0.15) is 23.1 Å². The zero-order valence-corrected chi connectivity index (χ0v) is 18.3. The van der Waals surface area contributed by atoms with Gasteiger partial charge in [0.2, 0.25) is 0 Å². The third-order valence-electron chi connectivity index (χ3n) is 5.50. The average Bonchev–Trinajstić information content (AvgIpc) is 2.82. The van der Waals surface area contributed by atoms with E-state index in [0.717, 1.165) is 31.5 Å². The van der Waals surface area contributed by atoms with Gasteiger partial charge < -0.3 is 15.0 Å². The van der Waals surface area contributed by atoms with Crippen molar-refractivity contribution in [3.8, 4) is 28.7 Å². The predicted octanol–water partition coefficient (Wildman–Crippen LogP) is 4.28. The highest BCUT2D eigenvalue weighted by molar-refractivity contribution is 6.32. The van der Waals surface area contributed by atoms with Gasteiger partial charge in [-0.15, -0.1) is 0 Å². The van der Waals surface area contributed by atoms with Crippen LogP contribution in [0.1, 0.15) is 28.8 Å². The van der Waals surface area contributed by atoms with Crippen molar-refractivity contribution >= 4 is 17.5 Å². The largest absolute Gasteiger partial charge is 0.454 e. The molecular weight excluding hydrogens is 426 g/mol. The van der Waals surface area contributed by atoms with E-state index < -0.39 is 0 Å². The summed E-state index contributed by atoms with van der Waals surface area (Å²) in [7, 11) is 2.08. The lowest BCUT2D eigenvalue weighted by Gasteiger charge is -2.29. The standard InChI is InChI=1S/C24H22ClN5O2/c1-30-11-8-18(9-12-30)29-24(31)16-5-6-23(21(25)13-16)32-22-4-2-3-19(20(22)14-26)17-7-10-27-28-15-17/h2-7,10,13,15,18H,8-9,11-12H2,1H3,(H,29,31). The number of amides is 1. The fourth-order valence-corrected chi connectivity index (χ4v) is 3.91. The van der Waals surface area contributed by atoms with Crippen LogP contribution in [-0.4, -0.2) is 47.2 Å². The van der Waals surface area contributed by atoms with Crippen LogP contribution in [-0.2, 0) is 0 Å². The molecular formula is C24H22ClN5O2. The first kappa shape index (κ1) is 21.8. The molecule has 4 rings (SSSR count). The van der Waals surface area contributed by atoms with Gasteiger partial charge in [0, 0.05) is 22.7 Å². The molecule has 0 radical (unpaired) electrons. The van der Waals surface area contributed by atoms with Crippen molar-refractivity contribution in [1.82, 2.24) is 20.4 Å². The average molecular weight is 448 g/mol. The summed E-state index contributed by atoms with van der Waals surface area (Å²) in [6.07, 6.45) is 5.01. The molecule has 0 bridgehead atoms. The Hall–Kier alpha value is -3.47. The minimum Gasteiger partial charge on any atom is -0.454 e. The number of nitriles is 1. The van der Waals surface area contributed by atoms with Crippen LogP contribution in [0.3, 0.4) is 0 Å². The fourth-order valence-electron chi connectivity index (χ4n) is 3.69. The molecule has 0 spiro atoms. The normalized spacial score (nSPS) is 14.5. The van der Waals surface area contributed by atoms with Crippen molar-refractivity contribution in [1.29, 1.82) is 5.26 Å². The molecule has 0 unspecified atom stereocenters. The van der Waals surface area contributed by atoms with Crippen LogP contribution in [0.5, 0.6) is 11.5 Å². The van der Waals surface area contributed by atoms with Crippen molar-refractivity contribution in [3.63, 3.8) is 0 Å². The van der Waals surface area contributed by atoms with Crippen LogP contribution in [0, 0.1) is 11.3 Å². The van der Waals surface area contributed by atoms with Crippen molar-refractivity contribution < 1.29 is 9.53 Å². The molecule has 1 N–H and O–H groups in total. The van der Waals surface area contributed by atoms with Gasteiger partial charge in [-0.3, -0.25) is 4.79 Å². The highest BCUT2D eigenvalue weighted by Crippen LogP contribution is 2.35. The summed E-state index contributed by atoms with van der Waals surface area (Å²) < 4.78 is 5.96. The van der Waals surface area contributed by atoms with Gasteiger partial charge in [-0.05, 0) is 63.3 Å². The fraction of sp³-hybridized carbons (Fsp3) is 0.250. The van der Waals surface area contributed by atoms with Crippen LogP contribution in [0.25, 0.3) is 11.1 Å². The quantitative estimate of drug-likeness (QED) is 0.627. The van der Waals surface area contributed by atoms with E-state index in [-0.39, 0.29) is 11.9 Å². The highest BCUT2D eigenvalue weighted by atomic mass is 35.5. The van der Waals surface area contributed by atoms with E-state index in [1.165, 1.54) is 0 Å². The van der Waals surface area contributed by atoms with Crippen LogP contribution in [0.2, 0.25) is 5.02 Å². The Kier molecular flexibility index (Phi) is 6.64. The number of aromatic nitrogens is 2. The summed E-state index contributed by atoms with van der Waals surface area (Å²) in [6, 6.07) is 14.4. The number of halogens is 1. The monoisotopic (exact) mass is 447 g/mol. The first-order chi connectivity index (χ1) is 15.5. The van der Waals surface area contributed by atoms with E-state index in [1.807, 2.05) is 6.07 Å². The molecule has 1 aliphatic heterocycles. The zero-order valence-electron chi connectivity index (χ0n) is 17.6. The topological polar surface area (TPSA) is 91.1 Å². The molecule has 2 aromatic carbocycles. The maximum Gasteiger partial charge on any atom is 0.251 e. The van der Waals surface area contributed by atoms with E-state index in [2.05, 4.69) is 33.5 Å². The van der Waals surface area contributed by atoms with Gasteiger partial charge in [-0.2, -0.15) is 15.5 Å². The van der Waals surface area contributed by atoms with Crippen molar-refractivity contribution in [2.45, 2.75) is 18.9 Å². The summed E-state index contributed by atoms with van der Waals surface area (Å²) in [5.41, 5.74) is 2.28. The van der Waals surface area contributed by atoms with Crippen LogP contribution in [0.15, 0.2) is 54.9 Å². The Balaban J connectivity index is 1.52. The maximum absolute atomic E-state index is 12.6. The number of hydrogen-bond acceptors (Lipinski definition) is 6. The first-order valence-corrected chi connectivity index (χ1v) is 10.7. The second-order valence-corrected chi connectivity index (χ2v) is 8.13. The van der Waals surface area contributed by atoms with Crippen LogP contribution in [0.4, 0.5) is 0 Å². The zero-order chi connectivity index (χ0) is 22.5. The molecule has 0 aliphatic carbocycles. The number of rotatable bonds is 5. The molecule has 3 aromatic rings. The Morgan fingerprint density at radius 1 is 1.19 bits per heavy atom. The summed E-state index contributed by atoms with van der Waals surface area (Å²) in [5, 5.41) is 20.8. The summed E-state index contributed by atoms with van der Waals surface area (Å²) in [4.78, 5) is 14.9. The maximum atomic E-state index is 12.6. The van der Waals surface area contributed by atoms with Crippen molar-refractivity contribution in [2.75, 3.05) is 20.1 Å². The van der Waals surface area contributed by atoms with Gasteiger partial charge in [-0.25, -0.2) is 0 Å². The number of ether oxygens (including phenoxy) is 1. The molecule has 1 fully saturated rings. The van der Waals surface area contributed by atoms with Gasteiger partial charge in [0.15, 0.2) is 0 Å². The third kappa shape index (κ3) is 4.88. The van der Waals surface area contributed by atoms with E-state index in [9.17, 15) is 10.1 Å². The van der Waals surface area contributed by atoms with E-state index in [4.69, 9.17) is 16.3 Å². The Bertz CT molecular complexity index is 1150. The Morgan fingerprint density at radius 2 is 2.00 bits per heavy atom. The number of carbonyl (C=O) groups excluding carboxylic acids is 1. The lowest BCUT2D eigenvalue weighted by atomic mass is 10.0. The molecule has 162 valence electrons. The molecule has 32 heavy (non-hydrogen) atoms. The molecule has 1 saturated heterocycles. The van der Waals surface area contributed by atoms with Gasteiger partial charge in [0.25, 0.3) is 5.91 Å². The summed E-state index contributed by atoms with van der Waals surface area (Å²) >= 11 is 6.42. The summed E-state index contributed by atoms with van der Waals surface area (Å²) in [5.74, 6) is 0.578. The molecule has 8 heteroatoms. The smallest absolute Gasteiger partial charge is 0.251 e. The summed E-state index contributed by atoms with van der Waals surface area (Å²) in [6.45, 7) is 1.93. The lowest BCUT2D eigenvalue weighted by molar-refractivity contribution is 0.0917. The number of benzene rings is 2. The molecule has 1 amide bonds. The molecule has 2 heterocycles. The minimum atomic E-state index is -0.155. The molecule has 1 aliphatic rings. The number of piperidine rings is 1. The number of likely N-dealkylation sites (tertiary alicyclic amines) is 1. The number of nitrogens with one attached hydrogen (secondary N) is 1. The predicted molar refractivity (Wildman–Crippen MR) is 122 cm³/mol. The second-order valence-electron chi connectivity index (χ2n) is 7.72. The van der Waals surface area contributed by atoms with Crippen LogP contribution >= 0.6 is 11.6 Å². The number of hydrogen-bond donors (Lipinski definition) is 1. The van der Waals surface area contributed by atoms with E-state index in [1.54, 1.807) is 48.8 Å². The SMILES string of the molecule is CN1CCC(NC(=O)c2ccc(Oc3cccc(-c4ccnnc4)c3C#N)c(Cl)c2)CC1. The lowest BCUT2D eigenvalue weighted by Crippen LogP contribution is -2.43. The molecule has 1 aromatic heterocycles. The van der Waals surface area contributed by atoms with Gasteiger partial charge >= 0.3 is 0 Å². The highest BCUT2D eigenvalue weighted by Gasteiger charge is 2.20. The van der Waals surface area contributed by atoms with Crippen molar-refractivity contribution in [3.05, 3.63) is 71.0 Å². The number of carbonyl (C=O) groups is 1. The van der Waals surface area contributed by atoms with E-state index in [0.29, 0.717) is 33.2 Å². The Labute approximate surface area is 191 Å². The third-order valence-corrected chi connectivity index (χ3v) is 5.80. The number of nitrogens with zero attached hydrogens (tertiary/aromatic N) is 4. The molecule has 0 atom stereocenters. The van der Waals surface area contributed by atoms with E-state index >= 15 is 0 Å². The van der Waals surface area contributed by atoms with Crippen LogP contribution < -0.4 is 10.1 Å². The Morgan fingerprint density at radius 3 is 2.69 bits per heavy atom. The second kappa shape index (κ2) is 9.77. The molecule has 7 nitrogen and oxygen atoms in total. The minimum absolute atomic E-state index is 0.155. The van der Waals surface area contributed by atoms with Gasteiger partial charge in [-0.1, -0.05) is 23.7 Å².